The summed E-state index contributed by atoms with van der Waals surface area (Å²) in [4.78, 5) is 11.6. The molecule has 1 aliphatic rings. The Bertz CT molecular complexity index is 305. The number of nitrogens with one attached hydrogen (secondary N) is 1. The van der Waals surface area contributed by atoms with Gasteiger partial charge in [-0.05, 0) is 19.4 Å². The Morgan fingerprint density at radius 3 is 2.67 bits per heavy atom. The van der Waals surface area contributed by atoms with Crippen LogP contribution in [0.2, 0.25) is 0 Å². The van der Waals surface area contributed by atoms with Gasteiger partial charge >= 0.3 is 0 Å². The van der Waals surface area contributed by atoms with Gasteiger partial charge in [0.1, 0.15) is 9.84 Å². The molecule has 0 aliphatic carbocycles. The van der Waals surface area contributed by atoms with Crippen molar-refractivity contribution in [3.05, 3.63) is 0 Å². The second-order valence-electron chi connectivity index (χ2n) is 3.96. The molecule has 0 amide bonds. The summed E-state index contributed by atoms with van der Waals surface area (Å²) < 4.78 is 22.4. The molecule has 15 heavy (non-hydrogen) atoms. The van der Waals surface area contributed by atoms with Crippen LogP contribution in [0, 0.1) is 0 Å². The summed E-state index contributed by atoms with van der Waals surface area (Å²) in [7, 11) is -3.00. The zero-order chi connectivity index (χ0) is 11.3. The average Bonchev–Trinajstić information content (AvgIpc) is 2.27. The van der Waals surface area contributed by atoms with Crippen LogP contribution >= 0.6 is 0 Å². The highest BCUT2D eigenvalue weighted by atomic mass is 32.2. The Kier molecular flexibility index (Phi) is 4.73. The summed E-state index contributed by atoms with van der Waals surface area (Å²) in [5, 5.41) is 3.13. The molecular formula is C10H19NO3S. The highest BCUT2D eigenvalue weighted by Crippen LogP contribution is 2.09. The summed E-state index contributed by atoms with van der Waals surface area (Å²) in [6, 6.07) is -0.106. The monoisotopic (exact) mass is 233 g/mol. The van der Waals surface area contributed by atoms with Crippen LogP contribution in [0.3, 0.4) is 0 Å². The first-order chi connectivity index (χ1) is 7.05. The van der Waals surface area contributed by atoms with E-state index < -0.39 is 9.84 Å². The van der Waals surface area contributed by atoms with Crippen molar-refractivity contribution in [3.8, 4) is 0 Å². The predicted molar refractivity (Wildman–Crippen MR) is 59.6 cm³/mol. The largest absolute Gasteiger partial charge is 0.307 e. The lowest BCUT2D eigenvalue weighted by atomic mass is 10.00. The van der Waals surface area contributed by atoms with Crippen molar-refractivity contribution < 1.29 is 13.2 Å². The van der Waals surface area contributed by atoms with Crippen molar-refractivity contribution in [2.45, 2.75) is 38.6 Å². The van der Waals surface area contributed by atoms with Crippen LogP contribution in [0.15, 0.2) is 0 Å². The third kappa shape index (κ3) is 4.30. The van der Waals surface area contributed by atoms with Crippen LogP contribution in [0.25, 0.3) is 0 Å². The number of carbonyl (C=O) groups is 1. The SMILES string of the molecule is CCS(=O)(=O)CCC(=O)C1CCCCN1. The maximum atomic E-state index is 11.6. The summed E-state index contributed by atoms with van der Waals surface area (Å²) in [6.45, 7) is 2.48. The maximum Gasteiger partial charge on any atom is 0.150 e. The number of piperidine rings is 1. The van der Waals surface area contributed by atoms with E-state index in [0.717, 1.165) is 25.8 Å². The van der Waals surface area contributed by atoms with Crippen molar-refractivity contribution in [2.75, 3.05) is 18.1 Å². The molecule has 0 radical (unpaired) electrons. The lowest BCUT2D eigenvalue weighted by molar-refractivity contribution is -0.121. The van der Waals surface area contributed by atoms with Gasteiger partial charge in [0.05, 0.1) is 11.8 Å². The number of Topliss-reactive ketones (excluding diaryl/α,β-unsaturated/α-hetero) is 1. The van der Waals surface area contributed by atoms with E-state index in [-0.39, 0.29) is 29.8 Å². The molecule has 5 heteroatoms. The minimum absolute atomic E-state index is 0.000509. The summed E-state index contributed by atoms with van der Waals surface area (Å²) in [5.41, 5.74) is 0. The zero-order valence-electron chi connectivity index (χ0n) is 9.16. The Morgan fingerprint density at radius 2 is 2.13 bits per heavy atom. The molecule has 0 spiro atoms. The lowest BCUT2D eigenvalue weighted by Crippen LogP contribution is -2.41. The van der Waals surface area contributed by atoms with E-state index in [1.165, 1.54) is 0 Å². The Hall–Kier alpha value is -0.420. The normalized spacial score (nSPS) is 22.6. The molecule has 0 aromatic carbocycles. The molecule has 88 valence electrons. The minimum atomic E-state index is -3.00. The zero-order valence-corrected chi connectivity index (χ0v) is 9.98. The Balaban J connectivity index is 2.35. The van der Waals surface area contributed by atoms with Gasteiger partial charge in [-0.25, -0.2) is 8.42 Å². The van der Waals surface area contributed by atoms with E-state index in [9.17, 15) is 13.2 Å². The Labute approximate surface area is 91.4 Å². The van der Waals surface area contributed by atoms with Crippen LogP contribution in [-0.2, 0) is 14.6 Å². The van der Waals surface area contributed by atoms with Crippen LogP contribution in [-0.4, -0.2) is 38.3 Å². The first-order valence-corrected chi connectivity index (χ1v) is 7.34. The van der Waals surface area contributed by atoms with Crippen molar-refractivity contribution >= 4 is 15.6 Å². The average molecular weight is 233 g/mol. The van der Waals surface area contributed by atoms with Gasteiger partial charge in [-0.15, -0.1) is 0 Å². The van der Waals surface area contributed by atoms with E-state index in [1.807, 2.05) is 0 Å². The van der Waals surface area contributed by atoms with Crippen LogP contribution in [0.5, 0.6) is 0 Å². The third-order valence-corrected chi connectivity index (χ3v) is 4.50. The van der Waals surface area contributed by atoms with Crippen molar-refractivity contribution in [2.24, 2.45) is 0 Å². The molecule has 1 fully saturated rings. The molecule has 0 saturated carbocycles. The number of carbonyl (C=O) groups excluding carboxylic acids is 1. The topological polar surface area (TPSA) is 63.2 Å². The number of hydrogen-bond acceptors (Lipinski definition) is 4. The second kappa shape index (κ2) is 5.61. The molecule has 0 bridgehead atoms. The molecule has 1 rings (SSSR count). The van der Waals surface area contributed by atoms with E-state index in [1.54, 1.807) is 6.92 Å². The Morgan fingerprint density at radius 1 is 1.40 bits per heavy atom. The highest BCUT2D eigenvalue weighted by Gasteiger charge is 2.21. The van der Waals surface area contributed by atoms with Gasteiger partial charge in [-0.1, -0.05) is 13.3 Å². The fourth-order valence-electron chi connectivity index (χ4n) is 1.70. The first kappa shape index (κ1) is 12.6. The standard InChI is InChI=1S/C10H19NO3S/c1-2-15(13,14)8-6-10(12)9-5-3-4-7-11-9/h9,11H,2-8H2,1H3. The molecule has 1 atom stereocenters. The van der Waals surface area contributed by atoms with E-state index >= 15 is 0 Å². The minimum Gasteiger partial charge on any atom is -0.307 e. The number of hydrogen-bond donors (Lipinski definition) is 1. The van der Waals surface area contributed by atoms with Crippen molar-refractivity contribution in [3.63, 3.8) is 0 Å². The molecule has 1 heterocycles. The number of ketones is 1. The molecule has 1 saturated heterocycles. The molecule has 0 aromatic rings. The second-order valence-corrected chi connectivity index (χ2v) is 6.43. The molecule has 4 nitrogen and oxygen atoms in total. The maximum absolute atomic E-state index is 11.6. The molecule has 0 aromatic heterocycles. The summed E-state index contributed by atoms with van der Waals surface area (Å²) in [5.74, 6) is 0.172. The van der Waals surface area contributed by atoms with Crippen LogP contribution in [0.1, 0.15) is 32.6 Å². The fraction of sp³-hybridized carbons (Fsp3) is 0.900. The molecular weight excluding hydrogens is 214 g/mol. The third-order valence-electron chi connectivity index (χ3n) is 2.80. The number of sulfone groups is 1. The lowest BCUT2D eigenvalue weighted by Gasteiger charge is -2.21. The van der Waals surface area contributed by atoms with Gasteiger partial charge < -0.3 is 5.32 Å². The van der Waals surface area contributed by atoms with E-state index in [4.69, 9.17) is 0 Å². The molecule has 1 unspecified atom stereocenters. The smallest absolute Gasteiger partial charge is 0.150 e. The highest BCUT2D eigenvalue weighted by molar-refractivity contribution is 7.91. The van der Waals surface area contributed by atoms with Gasteiger partial charge in [0.25, 0.3) is 0 Å². The summed E-state index contributed by atoms with van der Waals surface area (Å²) >= 11 is 0. The van der Waals surface area contributed by atoms with Crippen molar-refractivity contribution in [1.29, 1.82) is 0 Å². The summed E-state index contributed by atoms with van der Waals surface area (Å²) in [6.07, 6.45) is 3.18. The van der Waals surface area contributed by atoms with Crippen LogP contribution in [0.4, 0.5) is 0 Å². The first-order valence-electron chi connectivity index (χ1n) is 5.51. The van der Waals surface area contributed by atoms with Gasteiger partial charge in [0.15, 0.2) is 5.78 Å². The van der Waals surface area contributed by atoms with E-state index in [2.05, 4.69) is 5.32 Å². The van der Waals surface area contributed by atoms with E-state index in [0.29, 0.717) is 0 Å². The molecule has 1 aliphatic heterocycles. The molecule has 1 N–H and O–H groups in total. The fourth-order valence-corrected chi connectivity index (χ4v) is 2.50. The van der Waals surface area contributed by atoms with Gasteiger partial charge in [-0.3, -0.25) is 4.79 Å². The van der Waals surface area contributed by atoms with Crippen molar-refractivity contribution in [1.82, 2.24) is 5.32 Å². The predicted octanol–water partition coefficient (Wildman–Crippen LogP) is 0.522. The number of rotatable bonds is 5. The quantitative estimate of drug-likeness (QED) is 0.752. The van der Waals surface area contributed by atoms with Crippen LogP contribution < -0.4 is 5.32 Å². The van der Waals surface area contributed by atoms with Gasteiger partial charge in [-0.2, -0.15) is 0 Å². The van der Waals surface area contributed by atoms with Gasteiger partial charge in [0.2, 0.25) is 0 Å². The van der Waals surface area contributed by atoms with Gasteiger partial charge in [0, 0.05) is 12.2 Å².